The fraction of sp³-hybridized carbons (Fsp3) is 0.100. The minimum atomic E-state index is -2.84. The van der Waals surface area contributed by atoms with Crippen molar-refractivity contribution in [3.63, 3.8) is 0 Å². The van der Waals surface area contributed by atoms with E-state index in [0.717, 1.165) is 16.7 Å². The molecule has 0 amide bonds. The van der Waals surface area contributed by atoms with Crippen LogP contribution in [0.1, 0.15) is 0 Å². The van der Waals surface area contributed by atoms with E-state index in [1.54, 1.807) is 24.3 Å². The van der Waals surface area contributed by atoms with Crippen LogP contribution >= 0.6 is 0 Å². The molecule has 0 aliphatic heterocycles. The van der Waals surface area contributed by atoms with Gasteiger partial charge in [0.2, 0.25) is 0 Å². The first-order valence-electron chi connectivity index (χ1n) is 7.56. The van der Waals surface area contributed by atoms with Gasteiger partial charge in [-0.15, -0.1) is 0 Å². The second-order valence-electron chi connectivity index (χ2n) is 5.33. The number of rotatable bonds is 5. The molecule has 2 nitrogen and oxygen atoms in total. The molecule has 0 spiro atoms. The standard InChI is InChI=1S/C20H15F3O2/c1-24-17-10-11-18(19(21)12-17)15-4-2-13(3-5-15)14-6-8-16(9-7-14)25-20(22)23/h2-12,20H,1H3. The van der Waals surface area contributed by atoms with E-state index in [4.69, 9.17) is 4.74 Å². The second kappa shape index (κ2) is 7.30. The number of hydrogen-bond donors (Lipinski definition) is 0. The highest BCUT2D eigenvalue weighted by molar-refractivity contribution is 5.71. The van der Waals surface area contributed by atoms with E-state index in [9.17, 15) is 13.2 Å². The fourth-order valence-corrected chi connectivity index (χ4v) is 2.53. The molecule has 0 aliphatic carbocycles. The molecule has 128 valence electrons. The van der Waals surface area contributed by atoms with Crippen molar-refractivity contribution in [1.82, 2.24) is 0 Å². The molecule has 0 saturated heterocycles. The number of benzene rings is 3. The highest BCUT2D eigenvalue weighted by Crippen LogP contribution is 2.29. The van der Waals surface area contributed by atoms with Crippen LogP contribution in [-0.2, 0) is 0 Å². The third kappa shape index (κ3) is 3.94. The van der Waals surface area contributed by atoms with Crippen molar-refractivity contribution >= 4 is 0 Å². The summed E-state index contributed by atoms with van der Waals surface area (Å²) in [7, 11) is 1.49. The maximum absolute atomic E-state index is 14.1. The van der Waals surface area contributed by atoms with Gasteiger partial charge in [-0.3, -0.25) is 0 Å². The normalized spacial score (nSPS) is 10.8. The predicted octanol–water partition coefficient (Wildman–Crippen LogP) is 5.77. The second-order valence-corrected chi connectivity index (χ2v) is 5.33. The van der Waals surface area contributed by atoms with Crippen molar-refractivity contribution in [2.24, 2.45) is 0 Å². The van der Waals surface area contributed by atoms with E-state index < -0.39 is 6.61 Å². The number of methoxy groups -OCH3 is 1. The summed E-state index contributed by atoms with van der Waals surface area (Å²) in [6, 6.07) is 18.4. The van der Waals surface area contributed by atoms with Crippen molar-refractivity contribution in [3.8, 4) is 33.8 Å². The third-order valence-electron chi connectivity index (χ3n) is 3.78. The van der Waals surface area contributed by atoms with Gasteiger partial charge in [-0.25, -0.2) is 4.39 Å². The lowest BCUT2D eigenvalue weighted by Gasteiger charge is -2.08. The Balaban J connectivity index is 1.82. The van der Waals surface area contributed by atoms with Crippen molar-refractivity contribution in [1.29, 1.82) is 0 Å². The summed E-state index contributed by atoms with van der Waals surface area (Å²) in [5, 5.41) is 0. The van der Waals surface area contributed by atoms with Gasteiger partial charge in [-0.1, -0.05) is 36.4 Å². The number of alkyl halides is 2. The lowest BCUT2D eigenvalue weighted by molar-refractivity contribution is -0.0498. The van der Waals surface area contributed by atoms with E-state index in [0.29, 0.717) is 11.3 Å². The van der Waals surface area contributed by atoms with Crippen LogP contribution in [0.5, 0.6) is 11.5 Å². The number of halogens is 3. The average Bonchev–Trinajstić information content (AvgIpc) is 2.62. The molecule has 0 atom stereocenters. The summed E-state index contributed by atoms with van der Waals surface area (Å²) in [4.78, 5) is 0. The summed E-state index contributed by atoms with van der Waals surface area (Å²) in [6.07, 6.45) is 0. The van der Waals surface area contributed by atoms with Gasteiger partial charge in [0.15, 0.2) is 0 Å². The molecule has 0 N–H and O–H groups in total. The quantitative estimate of drug-likeness (QED) is 0.585. The van der Waals surface area contributed by atoms with Gasteiger partial charge >= 0.3 is 6.61 Å². The Morgan fingerprint density at radius 1 is 0.720 bits per heavy atom. The van der Waals surface area contributed by atoms with Crippen molar-refractivity contribution < 1.29 is 22.6 Å². The van der Waals surface area contributed by atoms with E-state index in [2.05, 4.69) is 4.74 Å². The van der Waals surface area contributed by atoms with Crippen molar-refractivity contribution in [2.45, 2.75) is 6.61 Å². The molecule has 25 heavy (non-hydrogen) atoms. The zero-order chi connectivity index (χ0) is 17.8. The van der Waals surface area contributed by atoms with E-state index in [1.807, 2.05) is 24.3 Å². The molecule has 3 rings (SSSR count). The lowest BCUT2D eigenvalue weighted by Crippen LogP contribution is -2.01. The SMILES string of the molecule is COc1ccc(-c2ccc(-c3ccc(OC(F)F)cc3)cc2)c(F)c1. The molecule has 0 unspecified atom stereocenters. The topological polar surface area (TPSA) is 18.5 Å². The monoisotopic (exact) mass is 344 g/mol. The number of ether oxygens (including phenoxy) is 2. The highest BCUT2D eigenvalue weighted by Gasteiger charge is 2.08. The molecule has 3 aromatic rings. The highest BCUT2D eigenvalue weighted by atomic mass is 19.3. The van der Waals surface area contributed by atoms with Crippen molar-refractivity contribution in [2.75, 3.05) is 7.11 Å². The zero-order valence-electron chi connectivity index (χ0n) is 13.4. The smallest absolute Gasteiger partial charge is 0.387 e. The van der Waals surface area contributed by atoms with Gasteiger partial charge in [-0.2, -0.15) is 8.78 Å². The summed E-state index contributed by atoms with van der Waals surface area (Å²) in [5.41, 5.74) is 2.96. The Morgan fingerprint density at radius 2 is 1.24 bits per heavy atom. The minimum Gasteiger partial charge on any atom is -0.497 e. The van der Waals surface area contributed by atoms with Gasteiger partial charge in [0.05, 0.1) is 7.11 Å². The largest absolute Gasteiger partial charge is 0.497 e. The van der Waals surface area contributed by atoms with E-state index >= 15 is 0 Å². The van der Waals surface area contributed by atoms with Crippen LogP contribution in [0.15, 0.2) is 66.7 Å². The zero-order valence-corrected chi connectivity index (χ0v) is 13.4. The average molecular weight is 344 g/mol. The first kappa shape index (κ1) is 16.9. The van der Waals surface area contributed by atoms with Crippen LogP contribution in [0.3, 0.4) is 0 Å². The summed E-state index contributed by atoms with van der Waals surface area (Å²) in [5.74, 6) is 0.209. The molecule has 0 radical (unpaired) electrons. The van der Waals surface area contributed by atoms with Crippen molar-refractivity contribution in [3.05, 3.63) is 72.5 Å². The molecule has 0 aromatic heterocycles. The Kier molecular flexibility index (Phi) is 4.93. The molecule has 3 aromatic carbocycles. The first-order valence-corrected chi connectivity index (χ1v) is 7.56. The molecule has 0 aliphatic rings. The maximum atomic E-state index is 14.1. The Hall–Kier alpha value is -2.95. The van der Waals surface area contributed by atoms with Crippen LogP contribution in [0.25, 0.3) is 22.3 Å². The van der Waals surface area contributed by atoms with Crippen LogP contribution in [0.4, 0.5) is 13.2 Å². The van der Waals surface area contributed by atoms with Gasteiger partial charge in [0.25, 0.3) is 0 Å². The Labute approximate surface area is 143 Å². The Bertz CT molecular complexity index is 844. The first-order chi connectivity index (χ1) is 12.1. The molecule has 0 saturated carbocycles. The fourth-order valence-electron chi connectivity index (χ4n) is 2.53. The van der Waals surface area contributed by atoms with Gasteiger partial charge in [0, 0.05) is 11.6 Å². The molecule has 0 bridgehead atoms. The van der Waals surface area contributed by atoms with Gasteiger partial charge in [0.1, 0.15) is 17.3 Å². The minimum absolute atomic E-state index is 0.107. The third-order valence-corrected chi connectivity index (χ3v) is 3.78. The van der Waals surface area contributed by atoms with Gasteiger partial charge < -0.3 is 9.47 Å². The number of hydrogen-bond acceptors (Lipinski definition) is 2. The van der Waals surface area contributed by atoms with Gasteiger partial charge in [-0.05, 0) is 41.0 Å². The van der Waals surface area contributed by atoms with E-state index in [1.165, 1.54) is 25.3 Å². The summed E-state index contributed by atoms with van der Waals surface area (Å²) >= 11 is 0. The molecular weight excluding hydrogens is 329 g/mol. The lowest BCUT2D eigenvalue weighted by atomic mass is 10.00. The Morgan fingerprint density at radius 3 is 1.76 bits per heavy atom. The molecule has 0 heterocycles. The predicted molar refractivity (Wildman–Crippen MR) is 90.5 cm³/mol. The van der Waals surface area contributed by atoms with Crippen LogP contribution in [0, 0.1) is 5.82 Å². The van der Waals surface area contributed by atoms with E-state index in [-0.39, 0.29) is 11.6 Å². The molecule has 5 heteroatoms. The van der Waals surface area contributed by atoms with Crippen LogP contribution in [0.2, 0.25) is 0 Å². The summed E-state index contributed by atoms with van der Waals surface area (Å²) in [6.45, 7) is -2.84. The molecular formula is C20H15F3O2. The molecule has 0 fully saturated rings. The van der Waals surface area contributed by atoms with Crippen LogP contribution in [-0.4, -0.2) is 13.7 Å². The summed E-state index contributed by atoms with van der Waals surface area (Å²) < 4.78 is 47.8. The maximum Gasteiger partial charge on any atom is 0.387 e. The van der Waals surface area contributed by atoms with Crippen LogP contribution < -0.4 is 9.47 Å².